The Morgan fingerprint density at radius 3 is 2.86 bits per heavy atom. The fourth-order valence-corrected chi connectivity index (χ4v) is 4.48. The van der Waals surface area contributed by atoms with Crippen LogP contribution in [-0.2, 0) is 10.0 Å². The fourth-order valence-electron chi connectivity index (χ4n) is 2.04. The third kappa shape index (κ3) is 2.43. The van der Waals surface area contributed by atoms with Crippen LogP contribution in [0.25, 0.3) is 10.9 Å². The van der Waals surface area contributed by atoms with Crippen LogP contribution in [0.1, 0.15) is 10.6 Å². The molecule has 2 heterocycles. The second kappa shape index (κ2) is 5.28. The summed E-state index contributed by atoms with van der Waals surface area (Å²) in [7, 11) is -3.73. The quantitative estimate of drug-likeness (QED) is 0.755. The van der Waals surface area contributed by atoms with Crippen molar-refractivity contribution in [2.75, 3.05) is 4.72 Å². The van der Waals surface area contributed by atoms with Crippen molar-refractivity contribution in [3.8, 4) is 6.07 Å². The molecule has 3 rings (SSSR count). The van der Waals surface area contributed by atoms with Crippen molar-refractivity contribution in [2.24, 2.45) is 0 Å². The number of aromatic amines is 1. The minimum absolute atomic E-state index is 0.125. The molecule has 0 saturated carbocycles. The smallest absolute Gasteiger partial charge is 0.273 e. The largest absolute Gasteiger partial charge is 0.358 e. The van der Waals surface area contributed by atoms with Gasteiger partial charge in [0.25, 0.3) is 10.0 Å². The second-order valence-corrected chi connectivity index (χ2v) is 8.01. The number of hydrogen-bond donors (Lipinski definition) is 2. The molecule has 2 N–H and O–H groups in total. The van der Waals surface area contributed by atoms with E-state index in [4.69, 9.17) is 16.9 Å². The molecule has 0 amide bonds. The van der Waals surface area contributed by atoms with Gasteiger partial charge in [-0.15, -0.1) is 11.3 Å². The third-order valence-corrected chi connectivity index (χ3v) is 6.07. The summed E-state index contributed by atoms with van der Waals surface area (Å²) in [5.74, 6) is 0. The van der Waals surface area contributed by atoms with Gasteiger partial charge in [-0.05, 0) is 19.1 Å². The van der Waals surface area contributed by atoms with Crippen LogP contribution in [0.15, 0.2) is 28.7 Å². The number of H-pyrrole nitrogens is 1. The van der Waals surface area contributed by atoms with Crippen LogP contribution < -0.4 is 4.72 Å². The summed E-state index contributed by atoms with van der Waals surface area (Å²) >= 11 is 7.17. The molecule has 1 aromatic carbocycles. The van der Waals surface area contributed by atoms with Gasteiger partial charge in [0.1, 0.15) is 6.07 Å². The number of nitrogens with one attached hydrogen (secondary N) is 2. The zero-order valence-electron chi connectivity index (χ0n) is 11.2. The van der Waals surface area contributed by atoms with Crippen molar-refractivity contribution >= 4 is 49.6 Å². The number of nitrogens with zero attached hydrogens (tertiary/aromatic N) is 2. The third-order valence-electron chi connectivity index (χ3n) is 3.01. The molecule has 0 unspecified atom stereocenters. The number of rotatable bonds is 3. The normalized spacial score (nSPS) is 11.5. The molecule has 2 aromatic heterocycles. The lowest BCUT2D eigenvalue weighted by atomic mass is 10.1. The Hall–Kier alpha value is -2.08. The minimum Gasteiger partial charge on any atom is -0.358 e. The van der Waals surface area contributed by atoms with E-state index in [1.54, 1.807) is 19.1 Å². The highest BCUT2D eigenvalue weighted by Gasteiger charge is 2.20. The number of hydrogen-bond acceptors (Lipinski definition) is 5. The monoisotopic (exact) mass is 352 g/mol. The summed E-state index contributed by atoms with van der Waals surface area (Å²) in [5, 5.41) is 10.6. The number of thiazole rings is 1. The van der Waals surface area contributed by atoms with Crippen molar-refractivity contribution in [1.29, 1.82) is 5.26 Å². The van der Waals surface area contributed by atoms with Crippen molar-refractivity contribution in [2.45, 2.75) is 11.1 Å². The predicted octanol–water partition coefficient (Wildman–Crippen LogP) is 3.26. The molecule has 6 nitrogen and oxygen atoms in total. The molecule has 0 aliphatic carbocycles. The zero-order valence-corrected chi connectivity index (χ0v) is 13.6. The standard InChI is InChI=1S/C13H9ClN4O2S2/c1-7-16-6-11(21-7)22(19,20)18-10-3-2-9(14)12-8(4-15)5-17-13(10)12/h2-3,5-6,17-18H,1H3. The van der Waals surface area contributed by atoms with Crippen molar-refractivity contribution < 1.29 is 8.42 Å². The molecular weight excluding hydrogens is 344 g/mol. The minimum atomic E-state index is -3.73. The zero-order chi connectivity index (χ0) is 15.9. The number of aryl methyl sites for hydroxylation is 1. The number of nitriles is 1. The molecule has 0 bridgehead atoms. The van der Waals surface area contributed by atoms with Gasteiger partial charge in [-0.25, -0.2) is 13.4 Å². The number of halogens is 1. The summed E-state index contributed by atoms with van der Waals surface area (Å²) in [5.41, 5.74) is 1.15. The first-order valence-electron chi connectivity index (χ1n) is 6.07. The summed E-state index contributed by atoms with van der Waals surface area (Å²) in [6.07, 6.45) is 2.80. The lowest BCUT2D eigenvalue weighted by Crippen LogP contribution is -2.11. The number of anilines is 1. The highest BCUT2D eigenvalue weighted by atomic mass is 35.5. The molecule has 0 aliphatic rings. The van der Waals surface area contributed by atoms with Gasteiger partial charge in [0.05, 0.1) is 33.0 Å². The number of aromatic nitrogens is 2. The number of fused-ring (bicyclic) bond motifs is 1. The maximum atomic E-state index is 12.4. The predicted molar refractivity (Wildman–Crippen MR) is 85.7 cm³/mol. The molecule has 0 aliphatic heterocycles. The Morgan fingerprint density at radius 1 is 1.45 bits per heavy atom. The van der Waals surface area contributed by atoms with Gasteiger partial charge >= 0.3 is 0 Å². The van der Waals surface area contributed by atoms with E-state index in [0.29, 0.717) is 32.2 Å². The molecule has 0 atom stereocenters. The first kappa shape index (κ1) is 14.8. The van der Waals surface area contributed by atoms with Crippen molar-refractivity contribution in [1.82, 2.24) is 9.97 Å². The summed E-state index contributed by atoms with van der Waals surface area (Å²) < 4.78 is 27.4. The lowest BCUT2D eigenvalue weighted by Gasteiger charge is -2.08. The Kier molecular flexibility index (Phi) is 3.56. The van der Waals surface area contributed by atoms with Gasteiger partial charge in [-0.3, -0.25) is 4.72 Å². The molecular formula is C13H9ClN4O2S2. The van der Waals surface area contributed by atoms with Crippen LogP contribution in [0.5, 0.6) is 0 Å². The maximum absolute atomic E-state index is 12.4. The Labute approximate surface area is 135 Å². The molecule has 3 aromatic rings. The van der Waals surface area contributed by atoms with Crippen LogP contribution in [0.2, 0.25) is 5.02 Å². The molecule has 9 heteroatoms. The van der Waals surface area contributed by atoms with E-state index in [9.17, 15) is 8.42 Å². The van der Waals surface area contributed by atoms with Gasteiger partial charge < -0.3 is 4.98 Å². The van der Waals surface area contributed by atoms with E-state index in [1.165, 1.54) is 12.4 Å². The maximum Gasteiger partial charge on any atom is 0.273 e. The first-order valence-corrected chi connectivity index (χ1v) is 8.75. The molecule has 112 valence electrons. The summed E-state index contributed by atoms with van der Waals surface area (Å²) in [4.78, 5) is 6.83. The number of benzene rings is 1. The first-order chi connectivity index (χ1) is 10.4. The van der Waals surface area contributed by atoms with Crippen LogP contribution in [0.3, 0.4) is 0 Å². The lowest BCUT2D eigenvalue weighted by molar-refractivity contribution is 0.603. The highest BCUT2D eigenvalue weighted by molar-refractivity contribution is 7.94. The number of sulfonamides is 1. The van der Waals surface area contributed by atoms with Crippen LogP contribution in [-0.4, -0.2) is 18.4 Å². The fraction of sp³-hybridized carbons (Fsp3) is 0.0769. The molecule has 0 spiro atoms. The van der Waals surface area contributed by atoms with E-state index < -0.39 is 10.0 Å². The summed E-state index contributed by atoms with van der Waals surface area (Å²) in [6.45, 7) is 1.73. The molecule has 0 fully saturated rings. The van der Waals surface area contributed by atoms with Gasteiger partial charge in [-0.2, -0.15) is 5.26 Å². The molecule has 0 radical (unpaired) electrons. The molecule has 22 heavy (non-hydrogen) atoms. The summed E-state index contributed by atoms with van der Waals surface area (Å²) in [6, 6.07) is 5.11. The van der Waals surface area contributed by atoms with Gasteiger partial charge in [0.15, 0.2) is 4.21 Å². The highest BCUT2D eigenvalue weighted by Crippen LogP contribution is 2.33. The van der Waals surface area contributed by atoms with E-state index in [1.807, 2.05) is 6.07 Å². The average molecular weight is 353 g/mol. The average Bonchev–Trinajstić information content (AvgIpc) is 3.08. The van der Waals surface area contributed by atoms with Crippen LogP contribution in [0, 0.1) is 18.3 Å². The van der Waals surface area contributed by atoms with E-state index in [-0.39, 0.29) is 4.21 Å². The van der Waals surface area contributed by atoms with Crippen molar-refractivity contribution in [3.05, 3.63) is 40.1 Å². The topological polar surface area (TPSA) is 98.6 Å². The van der Waals surface area contributed by atoms with E-state index >= 15 is 0 Å². The van der Waals surface area contributed by atoms with Crippen molar-refractivity contribution in [3.63, 3.8) is 0 Å². The van der Waals surface area contributed by atoms with Gasteiger partial charge in [-0.1, -0.05) is 11.6 Å². The Bertz CT molecular complexity index is 1010. The van der Waals surface area contributed by atoms with Gasteiger partial charge in [0, 0.05) is 11.6 Å². The van der Waals surface area contributed by atoms with Crippen LogP contribution in [0.4, 0.5) is 5.69 Å². The van der Waals surface area contributed by atoms with Gasteiger partial charge in [0.2, 0.25) is 0 Å². The SMILES string of the molecule is Cc1ncc(S(=O)(=O)Nc2ccc(Cl)c3c(C#N)c[nH]c23)s1. The molecule has 0 saturated heterocycles. The second-order valence-electron chi connectivity index (χ2n) is 4.46. The Balaban J connectivity index is 2.11. The van der Waals surface area contributed by atoms with Crippen LogP contribution >= 0.6 is 22.9 Å². The van der Waals surface area contributed by atoms with E-state index in [0.717, 1.165) is 11.3 Å². The Morgan fingerprint density at radius 2 is 2.23 bits per heavy atom. The van der Waals surface area contributed by atoms with E-state index in [2.05, 4.69) is 14.7 Å².